The summed E-state index contributed by atoms with van der Waals surface area (Å²) in [7, 11) is 0. The molecule has 5 nitrogen and oxygen atoms in total. The molecule has 0 unspecified atom stereocenters. The molecular formula is C20H14BrFN4O. The number of carbonyl (C=O) groups is 1. The van der Waals surface area contributed by atoms with E-state index in [4.69, 9.17) is 0 Å². The first-order valence-electron chi connectivity index (χ1n) is 8.22. The Hall–Kier alpha value is -3.06. The van der Waals surface area contributed by atoms with Crippen LogP contribution in [0, 0.1) is 5.82 Å². The first kappa shape index (κ1) is 17.4. The summed E-state index contributed by atoms with van der Waals surface area (Å²) >= 11 is 3.19. The molecule has 4 aromatic rings. The highest BCUT2D eigenvalue weighted by Gasteiger charge is 2.13. The number of benzene rings is 2. The lowest BCUT2D eigenvalue weighted by Gasteiger charge is -2.07. The van der Waals surface area contributed by atoms with E-state index in [2.05, 4.69) is 31.3 Å². The van der Waals surface area contributed by atoms with E-state index < -0.39 is 11.7 Å². The molecule has 0 aliphatic carbocycles. The molecule has 0 spiro atoms. The zero-order valence-corrected chi connectivity index (χ0v) is 15.6. The number of hydrogen-bond acceptors (Lipinski definition) is 3. The van der Waals surface area contributed by atoms with Gasteiger partial charge < -0.3 is 5.32 Å². The Morgan fingerprint density at radius 2 is 1.93 bits per heavy atom. The van der Waals surface area contributed by atoms with Crippen molar-refractivity contribution in [2.75, 3.05) is 5.32 Å². The Kier molecular flexibility index (Phi) is 4.68. The number of nitrogens with zero attached hydrogens (tertiary/aromatic N) is 3. The zero-order valence-electron chi connectivity index (χ0n) is 14.1. The molecule has 0 fully saturated rings. The van der Waals surface area contributed by atoms with Gasteiger partial charge >= 0.3 is 0 Å². The fourth-order valence-electron chi connectivity index (χ4n) is 2.75. The van der Waals surface area contributed by atoms with E-state index in [1.54, 1.807) is 23.0 Å². The molecule has 134 valence electrons. The summed E-state index contributed by atoms with van der Waals surface area (Å²) in [6.45, 7) is 0.590. The molecule has 1 amide bonds. The van der Waals surface area contributed by atoms with E-state index in [-0.39, 0.29) is 5.69 Å². The lowest BCUT2D eigenvalue weighted by Crippen LogP contribution is -2.13. The molecule has 0 bridgehead atoms. The standard InChI is InChI=1S/C20H14BrFN4O/c21-16-6-7-18(17(22)9-16)25-20(27)15-8-14-11-24-26(19(14)23-10-15)12-13-4-2-1-3-5-13/h1-11H,12H2,(H,25,27). The summed E-state index contributed by atoms with van der Waals surface area (Å²) in [6.07, 6.45) is 3.14. The molecule has 2 aromatic heterocycles. The Bertz CT molecular complexity index is 1130. The Balaban J connectivity index is 1.57. The molecule has 0 aliphatic heterocycles. The van der Waals surface area contributed by atoms with Crippen LogP contribution in [-0.4, -0.2) is 20.7 Å². The SMILES string of the molecule is O=C(Nc1ccc(Br)cc1F)c1cnc2c(cnn2Cc2ccccc2)c1. The van der Waals surface area contributed by atoms with Crippen LogP contribution in [0.3, 0.4) is 0 Å². The maximum Gasteiger partial charge on any atom is 0.257 e. The van der Waals surface area contributed by atoms with Gasteiger partial charge in [-0.25, -0.2) is 14.1 Å². The summed E-state index contributed by atoms with van der Waals surface area (Å²) < 4.78 is 16.3. The lowest BCUT2D eigenvalue weighted by atomic mass is 10.2. The second kappa shape index (κ2) is 7.28. The smallest absolute Gasteiger partial charge is 0.257 e. The normalized spacial score (nSPS) is 10.9. The molecule has 0 atom stereocenters. The second-order valence-electron chi connectivity index (χ2n) is 6.00. The number of carbonyl (C=O) groups excluding carboxylic acids is 1. The van der Waals surface area contributed by atoms with E-state index in [1.807, 2.05) is 30.3 Å². The summed E-state index contributed by atoms with van der Waals surface area (Å²) in [6, 6.07) is 16.1. The van der Waals surface area contributed by atoms with E-state index in [1.165, 1.54) is 18.3 Å². The minimum Gasteiger partial charge on any atom is -0.319 e. The van der Waals surface area contributed by atoms with Crippen molar-refractivity contribution in [3.05, 3.63) is 88.4 Å². The van der Waals surface area contributed by atoms with Crippen molar-refractivity contribution < 1.29 is 9.18 Å². The van der Waals surface area contributed by atoms with E-state index in [0.717, 1.165) is 10.9 Å². The molecule has 7 heteroatoms. The molecule has 2 aromatic carbocycles. The average molecular weight is 425 g/mol. The Morgan fingerprint density at radius 3 is 2.70 bits per heavy atom. The monoisotopic (exact) mass is 424 g/mol. The number of aromatic nitrogens is 3. The van der Waals surface area contributed by atoms with E-state index >= 15 is 0 Å². The van der Waals surface area contributed by atoms with E-state index in [0.29, 0.717) is 22.2 Å². The predicted octanol–water partition coefficient (Wildman–Crippen LogP) is 4.63. The highest BCUT2D eigenvalue weighted by molar-refractivity contribution is 9.10. The van der Waals surface area contributed by atoms with Gasteiger partial charge in [0.1, 0.15) is 5.82 Å². The summed E-state index contributed by atoms with van der Waals surface area (Å²) in [4.78, 5) is 16.8. The van der Waals surface area contributed by atoms with Gasteiger partial charge in [0, 0.05) is 16.1 Å². The van der Waals surface area contributed by atoms with Gasteiger partial charge in [0.05, 0.1) is 24.0 Å². The fraction of sp³-hybridized carbons (Fsp3) is 0.0500. The molecule has 0 radical (unpaired) electrons. The van der Waals surface area contributed by atoms with Gasteiger partial charge in [0.25, 0.3) is 5.91 Å². The number of nitrogens with one attached hydrogen (secondary N) is 1. The van der Waals surface area contributed by atoms with E-state index in [9.17, 15) is 9.18 Å². The molecule has 0 saturated heterocycles. The van der Waals surface area contributed by atoms with Crippen LogP contribution in [0.5, 0.6) is 0 Å². The largest absolute Gasteiger partial charge is 0.319 e. The molecule has 2 heterocycles. The number of fused-ring (bicyclic) bond motifs is 1. The molecule has 1 N–H and O–H groups in total. The van der Waals surface area contributed by atoms with Gasteiger partial charge in [0.15, 0.2) is 5.65 Å². The van der Waals surface area contributed by atoms with Crippen molar-refractivity contribution in [2.24, 2.45) is 0 Å². The quantitative estimate of drug-likeness (QED) is 0.519. The van der Waals surface area contributed by atoms with Gasteiger partial charge in [0.2, 0.25) is 0 Å². The highest BCUT2D eigenvalue weighted by Crippen LogP contribution is 2.21. The summed E-state index contributed by atoms with van der Waals surface area (Å²) in [5.41, 5.74) is 2.24. The second-order valence-corrected chi connectivity index (χ2v) is 6.92. The van der Waals surface area contributed by atoms with Crippen LogP contribution in [-0.2, 0) is 6.54 Å². The number of rotatable bonds is 4. The average Bonchev–Trinajstić information content (AvgIpc) is 3.07. The maximum absolute atomic E-state index is 13.9. The van der Waals surface area contributed by atoms with Crippen LogP contribution < -0.4 is 5.32 Å². The Labute approximate surface area is 163 Å². The van der Waals surface area contributed by atoms with Gasteiger partial charge in [-0.05, 0) is 29.8 Å². The van der Waals surface area contributed by atoms with Crippen molar-refractivity contribution in [3.8, 4) is 0 Å². The fourth-order valence-corrected chi connectivity index (χ4v) is 3.09. The highest BCUT2D eigenvalue weighted by atomic mass is 79.9. The minimum absolute atomic E-state index is 0.114. The van der Waals surface area contributed by atoms with Gasteiger partial charge in [-0.2, -0.15) is 5.10 Å². The summed E-state index contributed by atoms with van der Waals surface area (Å²) in [5, 5.41) is 7.66. The van der Waals surface area contributed by atoms with Crippen LogP contribution >= 0.6 is 15.9 Å². The lowest BCUT2D eigenvalue weighted by molar-refractivity contribution is 0.102. The van der Waals surface area contributed by atoms with Crippen LogP contribution in [0.15, 0.2) is 71.5 Å². The minimum atomic E-state index is -0.512. The predicted molar refractivity (Wildman–Crippen MR) is 105 cm³/mol. The number of hydrogen-bond donors (Lipinski definition) is 1. The van der Waals surface area contributed by atoms with Crippen LogP contribution in [0.25, 0.3) is 11.0 Å². The van der Waals surface area contributed by atoms with Crippen molar-refractivity contribution in [2.45, 2.75) is 6.54 Å². The van der Waals surface area contributed by atoms with Crippen molar-refractivity contribution in [3.63, 3.8) is 0 Å². The van der Waals surface area contributed by atoms with Crippen molar-refractivity contribution >= 4 is 38.6 Å². The first-order chi connectivity index (χ1) is 13.1. The maximum atomic E-state index is 13.9. The molecular weight excluding hydrogens is 411 g/mol. The summed E-state index contributed by atoms with van der Waals surface area (Å²) in [5.74, 6) is -0.941. The zero-order chi connectivity index (χ0) is 18.8. The van der Waals surface area contributed by atoms with Crippen molar-refractivity contribution in [1.29, 1.82) is 0 Å². The van der Waals surface area contributed by atoms with Crippen LogP contribution in [0.1, 0.15) is 15.9 Å². The number of amides is 1. The van der Waals surface area contributed by atoms with Gasteiger partial charge in [-0.15, -0.1) is 0 Å². The van der Waals surface area contributed by atoms with Gasteiger partial charge in [-0.1, -0.05) is 46.3 Å². The topological polar surface area (TPSA) is 59.8 Å². The molecule has 27 heavy (non-hydrogen) atoms. The van der Waals surface area contributed by atoms with Crippen LogP contribution in [0.4, 0.5) is 10.1 Å². The molecule has 4 rings (SSSR count). The number of pyridine rings is 1. The number of anilines is 1. The Morgan fingerprint density at radius 1 is 1.11 bits per heavy atom. The van der Waals surface area contributed by atoms with Gasteiger partial charge in [-0.3, -0.25) is 4.79 Å². The third-order valence-corrected chi connectivity index (χ3v) is 4.59. The van der Waals surface area contributed by atoms with Crippen molar-refractivity contribution in [1.82, 2.24) is 14.8 Å². The third-order valence-electron chi connectivity index (χ3n) is 4.09. The first-order valence-corrected chi connectivity index (χ1v) is 9.01. The molecule has 0 aliphatic rings. The molecule has 0 saturated carbocycles. The number of halogens is 2. The van der Waals surface area contributed by atoms with Crippen LogP contribution in [0.2, 0.25) is 0 Å². The third kappa shape index (κ3) is 3.73.